The van der Waals surface area contributed by atoms with Gasteiger partial charge < -0.3 is 4.74 Å². The first kappa shape index (κ1) is 15.7. The number of aromatic nitrogens is 2. The molecule has 0 aliphatic carbocycles. The zero-order valence-corrected chi connectivity index (χ0v) is 14.8. The molecule has 0 unspecified atom stereocenters. The topological polar surface area (TPSA) is 43.6 Å². The van der Waals surface area contributed by atoms with Crippen LogP contribution in [0.25, 0.3) is 16.2 Å². The molecule has 0 spiro atoms. The van der Waals surface area contributed by atoms with Crippen LogP contribution in [0.15, 0.2) is 24.4 Å². The minimum absolute atomic E-state index is 0.123. The number of benzene rings is 1. The molecule has 2 heterocycles. The highest BCUT2D eigenvalue weighted by Crippen LogP contribution is 2.29. The summed E-state index contributed by atoms with van der Waals surface area (Å²) in [6.45, 7) is 9.80. The predicted molar refractivity (Wildman–Crippen MR) is 93.3 cm³/mol. The van der Waals surface area contributed by atoms with E-state index in [0.29, 0.717) is 4.88 Å². The number of nitrogens with zero attached hydrogens (tertiary/aromatic N) is 2. The van der Waals surface area contributed by atoms with Gasteiger partial charge in [0.05, 0.1) is 11.8 Å². The number of ether oxygens (including phenoxy) is 1. The summed E-state index contributed by atoms with van der Waals surface area (Å²) in [7, 11) is 0. The lowest BCUT2D eigenvalue weighted by atomic mass is 10.0. The van der Waals surface area contributed by atoms with Gasteiger partial charge in [0, 0.05) is 17.5 Å². The molecule has 5 heteroatoms. The quantitative estimate of drug-likeness (QED) is 0.662. The summed E-state index contributed by atoms with van der Waals surface area (Å²) in [5.74, 6) is -0.277. The number of rotatable bonds is 3. The van der Waals surface area contributed by atoms with Crippen molar-refractivity contribution in [2.45, 2.75) is 40.7 Å². The molecule has 3 aromatic rings. The summed E-state index contributed by atoms with van der Waals surface area (Å²) < 4.78 is 7.26. The maximum absolute atomic E-state index is 12.1. The number of aryl methyl sites for hydroxylation is 3. The largest absolute Gasteiger partial charge is 0.459 e. The van der Waals surface area contributed by atoms with Crippen LogP contribution in [0.5, 0.6) is 0 Å². The number of carbonyl (C=O) groups excluding carboxylic acids is 1. The molecular formula is C18H20N2O2S. The Morgan fingerprint density at radius 2 is 2.00 bits per heavy atom. The molecule has 0 saturated carbocycles. The highest BCUT2D eigenvalue weighted by atomic mass is 32.1. The number of hydrogen-bond acceptors (Lipinski definition) is 4. The second-order valence-electron chi connectivity index (χ2n) is 6.07. The summed E-state index contributed by atoms with van der Waals surface area (Å²) in [5, 5.41) is 0. The van der Waals surface area contributed by atoms with Gasteiger partial charge in [-0.1, -0.05) is 35.1 Å². The Hall–Kier alpha value is -2.14. The van der Waals surface area contributed by atoms with Crippen LogP contribution in [-0.4, -0.2) is 21.5 Å². The van der Waals surface area contributed by atoms with E-state index in [0.717, 1.165) is 21.9 Å². The lowest BCUT2D eigenvalue weighted by molar-refractivity contribution is 0.0382. The van der Waals surface area contributed by atoms with Gasteiger partial charge in [-0.15, -0.1) is 0 Å². The summed E-state index contributed by atoms with van der Waals surface area (Å²) >= 11 is 1.38. The molecule has 0 atom stereocenters. The molecule has 1 aromatic carbocycles. The fourth-order valence-electron chi connectivity index (χ4n) is 2.64. The van der Waals surface area contributed by atoms with Crippen molar-refractivity contribution in [3.05, 3.63) is 46.1 Å². The van der Waals surface area contributed by atoms with Gasteiger partial charge in [-0.25, -0.2) is 9.78 Å². The molecular weight excluding hydrogens is 308 g/mol. The Kier molecular flexibility index (Phi) is 3.98. The fourth-order valence-corrected chi connectivity index (χ4v) is 3.63. The highest BCUT2D eigenvalue weighted by molar-refractivity contribution is 7.19. The molecule has 0 amide bonds. The Morgan fingerprint density at radius 3 is 2.61 bits per heavy atom. The van der Waals surface area contributed by atoms with Crippen LogP contribution in [0.1, 0.15) is 40.3 Å². The first-order valence-corrected chi connectivity index (χ1v) is 8.45. The monoisotopic (exact) mass is 328 g/mol. The van der Waals surface area contributed by atoms with E-state index in [-0.39, 0.29) is 12.1 Å². The molecule has 0 bridgehead atoms. The van der Waals surface area contributed by atoms with Gasteiger partial charge >= 0.3 is 5.97 Å². The van der Waals surface area contributed by atoms with Crippen LogP contribution in [0.4, 0.5) is 0 Å². The van der Waals surface area contributed by atoms with E-state index in [1.165, 1.54) is 22.5 Å². The van der Waals surface area contributed by atoms with Gasteiger partial charge in [-0.05, 0) is 40.2 Å². The molecule has 0 fully saturated rings. The van der Waals surface area contributed by atoms with E-state index in [4.69, 9.17) is 9.72 Å². The number of imidazole rings is 1. The van der Waals surface area contributed by atoms with Crippen LogP contribution in [0, 0.1) is 20.8 Å². The number of esters is 1. The van der Waals surface area contributed by atoms with Crippen molar-refractivity contribution in [3.8, 4) is 11.3 Å². The van der Waals surface area contributed by atoms with Gasteiger partial charge in [0.2, 0.25) is 0 Å². The molecule has 0 radical (unpaired) electrons. The molecule has 2 aromatic heterocycles. The fraction of sp³-hybridized carbons (Fsp3) is 0.333. The number of hydrogen-bond donors (Lipinski definition) is 0. The van der Waals surface area contributed by atoms with Gasteiger partial charge in [-0.2, -0.15) is 0 Å². The highest BCUT2D eigenvalue weighted by Gasteiger charge is 2.20. The van der Waals surface area contributed by atoms with E-state index in [1.807, 2.05) is 31.4 Å². The molecule has 4 nitrogen and oxygen atoms in total. The molecule has 0 aliphatic rings. The second-order valence-corrected chi connectivity index (χ2v) is 7.05. The minimum atomic E-state index is -0.277. The van der Waals surface area contributed by atoms with Crippen LogP contribution in [-0.2, 0) is 4.74 Å². The van der Waals surface area contributed by atoms with Crippen molar-refractivity contribution in [3.63, 3.8) is 0 Å². The number of fused-ring (bicyclic) bond motifs is 1. The van der Waals surface area contributed by atoms with Crippen molar-refractivity contribution < 1.29 is 9.53 Å². The van der Waals surface area contributed by atoms with E-state index in [2.05, 4.69) is 32.0 Å². The Morgan fingerprint density at radius 1 is 1.26 bits per heavy atom. The molecule has 23 heavy (non-hydrogen) atoms. The van der Waals surface area contributed by atoms with Crippen LogP contribution in [0.3, 0.4) is 0 Å². The van der Waals surface area contributed by atoms with E-state index in [1.54, 1.807) is 0 Å². The molecule has 0 aliphatic heterocycles. The minimum Gasteiger partial charge on any atom is -0.459 e. The number of carbonyl (C=O) groups is 1. The van der Waals surface area contributed by atoms with E-state index < -0.39 is 0 Å². The predicted octanol–water partition coefficient (Wildman–Crippen LogP) is 4.55. The lowest BCUT2D eigenvalue weighted by Crippen LogP contribution is -2.11. The smallest absolute Gasteiger partial charge is 0.350 e. The zero-order valence-electron chi connectivity index (χ0n) is 14.0. The van der Waals surface area contributed by atoms with E-state index in [9.17, 15) is 4.79 Å². The third kappa shape index (κ3) is 2.88. The van der Waals surface area contributed by atoms with E-state index >= 15 is 0 Å². The van der Waals surface area contributed by atoms with Gasteiger partial charge in [-0.3, -0.25) is 4.40 Å². The van der Waals surface area contributed by atoms with Crippen molar-refractivity contribution >= 4 is 22.3 Å². The third-order valence-corrected chi connectivity index (χ3v) is 4.88. The van der Waals surface area contributed by atoms with Crippen LogP contribution in [0.2, 0.25) is 0 Å². The average Bonchev–Trinajstić information content (AvgIpc) is 2.98. The van der Waals surface area contributed by atoms with Gasteiger partial charge in [0.25, 0.3) is 0 Å². The first-order chi connectivity index (χ1) is 10.9. The summed E-state index contributed by atoms with van der Waals surface area (Å²) in [6.07, 6.45) is 1.87. The van der Waals surface area contributed by atoms with Gasteiger partial charge in [0.15, 0.2) is 4.96 Å². The van der Waals surface area contributed by atoms with Crippen LogP contribution >= 0.6 is 11.3 Å². The van der Waals surface area contributed by atoms with Crippen molar-refractivity contribution in [1.29, 1.82) is 0 Å². The van der Waals surface area contributed by atoms with Crippen molar-refractivity contribution in [1.82, 2.24) is 9.38 Å². The SMILES string of the molecule is Cc1ccc(-c2cn3c(C)c(C(=O)OC(C)C)sc3n2)c(C)c1. The average molecular weight is 328 g/mol. The third-order valence-electron chi connectivity index (χ3n) is 3.74. The van der Waals surface area contributed by atoms with Crippen LogP contribution < -0.4 is 0 Å². The Balaban J connectivity index is 2.03. The normalized spacial score (nSPS) is 11.4. The summed E-state index contributed by atoms with van der Waals surface area (Å²) in [4.78, 5) is 18.3. The second kappa shape index (κ2) is 5.81. The first-order valence-electron chi connectivity index (χ1n) is 7.64. The molecule has 3 rings (SSSR count). The maximum Gasteiger partial charge on any atom is 0.350 e. The number of thiazole rings is 1. The standard InChI is InChI=1S/C18H20N2O2S/c1-10(2)22-17(21)16-13(5)20-9-15(19-18(20)23-16)14-7-6-11(3)8-12(14)4/h6-10H,1-5H3. The molecule has 120 valence electrons. The van der Waals surface area contributed by atoms with Crippen molar-refractivity contribution in [2.75, 3.05) is 0 Å². The lowest BCUT2D eigenvalue weighted by Gasteiger charge is -2.06. The van der Waals surface area contributed by atoms with Crippen molar-refractivity contribution in [2.24, 2.45) is 0 Å². The Bertz CT molecular complexity index is 890. The summed E-state index contributed by atoms with van der Waals surface area (Å²) in [6, 6.07) is 6.34. The molecule has 0 N–H and O–H groups in total. The zero-order chi connectivity index (χ0) is 16.7. The van der Waals surface area contributed by atoms with Gasteiger partial charge in [0.1, 0.15) is 4.88 Å². The molecule has 0 saturated heterocycles. The summed E-state index contributed by atoms with van der Waals surface area (Å²) in [5.41, 5.74) is 5.37. The maximum atomic E-state index is 12.1. The Labute approximate surface area is 139 Å².